The topological polar surface area (TPSA) is 37.3 Å². The van der Waals surface area contributed by atoms with Gasteiger partial charge < -0.3 is 5.11 Å². The quantitative estimate of drug-likeness (QED) is 0.652. The lowest BCUT2D eigenvalue weighted by Crippen LogP contribution is -1.86. The molecule has 0 aliphatic carbocycles. The highest BCUT2D eigenvalue weighted by molar-refractivity contribution is 9.11. The molecule has 0 fully saturated rings. The number of carboxylic acids is 1. The molecule has 0 saturated carbocycles. The van der Waals surface area contributed by atoms with Crippen molar-refractivity contribution < 1.29 is 9.90 Å². The molecule has 1 aliphatic rings. The number of aliphatic carboxylic acids is 1. The molecule has 0 aromatic rings. The van der Waals surface area contributed by atoms with E-state index in [0.717, 1.165) is 0 Å². The number of hydrogen-bond acceptors (Lipinski definition) is 4. The molecule has 1 aliphatic heterocycles. The van der Waals surface area contributed by atoms with Crippen LogP contribution in [0, 0.1) is 0 Å². The van der Waals surface area contributed by atoms with Crippen LogP contribution in [0.15, 0.2) is 10.8 Å². The Morgan fingerprint density at radius 3 is 2.00 bits per heavy atom. The van der Waals surface area contributed by atoms with Crippen molar-refractivity contribution in [3.05, 3.63) is 10.8 Å². The van der Waals surface area contributed by atoms with Crippen LogP contribution in [0.4, 0.5) is 0 Å². The normalized spacial score (nSPS) is 14.1. The maximum absolute atomic E-state index is 9.37. The van der Waals surface area contributed by atoms with Gasteiger partial charge in [0.2, 0.25) is 0 Å². The van der Waals surface area contributed by atoms with Gasteiger partial charge in [0, 0.05) is 6.42 Å². The largest absolute Gasteiger partial charge is 0.481 e. The van der Waals surface area contributed by atoms with Crippen LogP contribution in [-0.4, -0.2) is 11.1 Å². The molecule has 0 unspecified atom stereocenters. The summed E-state index contributed by atoms with van der Waals surface area (Å²) in [5, 5.41) is 11.9. The van der Waals surface area contributed by atoms with E-state index in [1.54, 1.807) is 38.3 Å². The summed E-state index contributed by atoms with van der Waals surface area (Å²) < 4.78 is 0. The van der Waals surface area contributed by atoms with Gasteiger partial charge in [-0.15, -0.1) is 0 Å². The number of rotatable bonds is 1. The van der Waals surface area contributed by atoms with Gasteiger partial charge in [0.1, 0.15) is 0 Å². The molecule has 58 valence electrons. The number of carbonyl (C=O) groups is 1. The van der Waals surface area contributed by atoms with E-state index in [4.69, 9.17) is 5.11 Å². The van der Waals surface area contributed by atoms with Gasteiger partial charge in [-0.25, -0.2) is 0 Å². The molecule has 0 bridgehead atoms. The maximum Gasteiger partial charge on any atom is 0.303 e. The minimum absolute atomic E-state index is 0.222. The minimum atomic E-state index is -0.745. The Morgan fingerprint density at radius 1 is 1.50 bits per heavy atom. The van der Waals surface area contributed by atoms with Crippen molar-refractivity contribution in [3.8, 4) is 0 Å². The Hall–Kier alpha value is 0.260. The second-order valence-corrected chi connectivity index (χ2v) is 5.13. The molecule has 0 amide bonds. The summed E-state index contributed by atoms with van der Waals surface area (Å²) in [4.78, 5) is 9.37. The average Bonchev–Trinajstić information content (AvgIpc) is 2.43. The maximum atomic E-state index is 9.37. The van der Waals surface area contributed by atoms with Gasteiger partial charge in [0.15, 0.2) is 0 Å². The van der Waals surface area contributed by atoms with Crippen LogP contribution in [0.1, 0.15) is 13.3 Å². The van der Waals surface area contributed by atoms with E-state index in [2.05, 4.69) is 10.8 Å². The van der Waals surface area contributed by atoms with Gasteiger partial charge in [-0.3, -0.25) is 4.79 Å². The molecule has 1 rings (SSSR count). The summed E-state index contributed by atoms with van der Waals surface area (Å²) in [6, 6.07) is 0. The first kappa shape index (κ1) is 10.3. The molecule has 2 nitrogen and oxygen atoms in total. The zero-order valence-electron chi connectivity index (χ0n) is 5.44. The molecule has 0 radical (unpaired) electrons. The summed E-state index contributed by atoms with van der Waals surface area (Å²) in [6.45, 7) is 1.60. The van der Waals surface area contributed by atoms with E-state index in [9.17, 15) is 4.79 Å². The molecule has 1 heterocycles. The molecule has 0 atom stereocenters. The highest BCUT2D eigenvalue weighted by Gasteiger charge is 1.87. The predicted molar refractivity (Wildman–Crippen MR) is 49.8 cm³/mol. The van der Waals surface area contributed by atoms with E-state index >= 15 is 0 Å². The molecule has 1 N–H and O–H groups in total. The van der Waals surface area contributed by atoms with Gasteiger partial charge >= 0.3 is 5.97 Å². The van der Waals surface area contributed by atoms with Crippen molar-refractivity contribution in [2.24, 2.45) is 0 Å². The second-order valence-electron chi connectivity index (χ2n) is 1.28. The Bertz CT molecular complexity index is 118. The fraction of sp³-hybridized carbons (Fsp3) is 0.400. The zero-order chi connectivity index (χ0) is 7.82. The number of hydrogen-bond donors (Lipinski definition) is 1. The summed E-state index contributed by atoms with van der Waals surface area (Å²) >= 11 is 0. The van der Waals surface area contributed by atoms with E-state index in [0.29, 0.717) is 0 Å². The molecular formula is C5H8O2S3. The van der Waals surface area contributed by atoms with E-state index in [1.807, 2.05) is 0 Å². The van der Waals surface area contributed by atoms with Crippen molar-refractivity contribution in [2.75, 3.05) is 0 Å². The molecular weight excluding hydrogens is 188 g/mol. The third kappa shape index (κ3) is 8.26. The summed E-state index contributed by atoms with van der Waals surface area (Å²) in [5.74, 6) is -0.745. The first-order chi connectivity index (χ1) is 4.77. The van der Waals surface area contributed by atoms with Crippen molar-refractivity contribution in [1.82, 2.24) is 0 Å². The van der Waals surface area contributed by atoms with Crippen molar-refractivity contribution in [1.29, 1.82) is 0 Å². The molecule has 0 aromatic carbocycles. The average molecular weight is 196 g/mol. The highest BCUT2D eigenvalue weighted by atomic mass is 33.5. The van der Waals surface area contributed by atoms with Crippen LogP contribution < -0.4 is 0 Å². The highest BCUT2D eigenvalue weighted by Crippen LogP contribution is 2.42. The minimum Gasteiger partial charge on any atom is -0.481 e. The summed E-state index contributed by atoms with van der Waals surface area (Å²) in [6.07, 6.45) is 0.222. The predicted octanol–water partition coefficient (Wildman–Crippen LogP) is 2.98. The van der Waals surface area contributed by atoms with Crippen LogP contribution in [0.3, 0.4) is 0 Å². The lowest BCUT2D eigenvalue weighted by molar-refractivity contribution is -0.136. The van der Waals surface area contributed by atoms with Crippen LogP contribution in [0.2, 0.25) is 0 Å². The van der Waals surface area contributed by atoms with Crippen LogP contribution in [-0.2, 0) is 4.79 Å². The Labute approximate surface area is 71.6 Å². The van der Waals surface area contributed by atoms with Gasteiger partial charge in [-0.05, 0) is 20.6 Å². The van der Waals surface area contributed by atoms with Gasteiger partial charge in [0.05, 0.1) is 0 Å². The van der Waals surface area contributed by atoms with E-state index < -0.39 is 5.97 Å². The van der Waals surface area contributed by atoms with Gasteiger partial charge in [-0.2, -0.15) is 0 Å². The lowest BCUT2D eigenvalue weighted by Gasteiger charge is -1.71. The smallest absolute Gasteiger partial charge is 0.303 e. The zero-order valence-corrected chi connectivity index (χ0v) is 7.89. The van der Waals surface area contributed by atoms with E-state index in [-0.39, 0.29) is 6.42 Å². The molecule has 5 heteroatoms. The first-order valence-electron chi connectivity index (χ1n) is 2.63. The third-order valence-corrected chi connectivity index (χ3v) is 3.92. The molecule has 0 saturated heterocycles. The molecule has 0 aromatic heterocycles. The number of carboxylic acid groups (broad SMARTS) is 1. The summed E-state index contributed by atoms with van der Waals surface area (Å²) in [7, 11) is 5.34. The second kappa shape index (κ2) is 7.37. The van der Waals surface area contributed by atoms with Crippen LogP contribution in [0.25, 0.3) is 0 Å². The summed E-state index contributed by atoms with van der Waals surface area (Å²) in [5.41, 5.74) is 0. The molecule has 0 spiro atoms. The fourth-order valence-corrected chi connectivity index (χ4v) is 3.06. The third-order valence-electron chi connectivity index (χ3n) is 0.548. The van der Waals surface area contributed by atoms with Crippen LogP contribution in [0.5, 0.6) is 0 Å². The van der Waals surface area contributed by atoms with Crippen molar-refractivity contribution >= 4 is 37.4 Å². The lowest BCUT2D eigenvalue weighted by atomic mass is 10.5. The van der Waals surface area contributed by atoms with Crippen LogP contribution >= 0.6 is 31.4 Å². The fourth-order valence-electron chi connectivity index (χ4n) is 0.113. The first-order valence-corrected chi connectivity index (χ1v) is 6.24. The Balaban J connectivity index is 0.000000162. The Kier molecular flexibility index (Phi) is 7.56. The monoisotopic (exact) mass is 196 g/mol. The van der Waals surface area contributed by atoms with E-state index in [1.165, 1.54) is 0 Å². The van der Waals surface area contributed by atoms with Crippen molar-refractivity contribution in [2.45, 2.75) is 13.3 Å². The van der Waals surface area contributed by atoms with Gasteiger partial charge in [-0.1, -0.05) is 28.5 Å². The van der Waals surface area contributed by atoms with Gasteiger partial charge in [0.25, 0.3) is 0 Å². The molecule has 10 heavy (non-hydrogen) atoms. The van der Waals surface area contributed by atoms with Crippen molar-refractivity contribution in [3.63, 3.8) is 0 Å². The SMILES string of the molecule is C1=CSSS1.CCC(=O)O. The Morgan fingerprint density at radius 2 is 1.90 bits per heavy atom. The standard InChI is InChI=1S/C3H6O2.C2H2S3/c1-2-3(4)5;1-2-4-5-3-1/h2H2,1H3,(H,4,5);1-2H.